The van der Waals surface area contributed by atoms with Crippen molar-refractivity contribution in [2.45, 2.75) is 20.8 Å². The van der Waals surface area contributed by atoms with Crippen molar-refractivity contribution in [1.29, 1.82) is 0 Å². The lowest BCUT2D eigenvalue weighted by Crippen LogP contribution is -2.23. The Balaban J connectivity index is 2.11. The summed E-state index contributed by atoms with van der Waals surface area (Å²) in [6, 6.07) is 14.3. The predicted molar refractivity (Wildman–Crippen MR) is 106 cm³/mol. The van der Waals surface area contributed by atoms with E-state index in [1.165, 1.54) is 16.3 Å². The van der Waals surface area contributed by atoms with Gasteiger partial charge >= 0.3 is 0 Å². The van der Waals surface area contributed by atoms with Gasteiger partial charge in [0.1, 0.15) is 11.6 Å². The van der Waals surface area contributed by atoms with Crippen LogP contribution in [0.1, 0.15) is 19.4 Å². The Labute approximate surface area is 149 Å². The van der Waals surface area contributed by atoms with E-state index >= 15 is 0 Å². The molecular formula is C21H25N3O. The molecule has 25 heavy (non-hydrogen) atoms. The fourth-order valence-electron chi connectivity index (χ4n) is 3.20. The zero-order valence-electron chi connectivity index (χ0n) is 15.3. The molecule has 0 fully saturated rings. The van der Waals surface area contributed by atoms with Crippen molar-refractivity contribution in [1.82, 2.24) is 4.98 Å². The van der Waals surface area contributed by atoms with Gasteiger partial charge in [0.25, 0.3) is 0 Å². The second-order valence-electron chi connectivity index (χ2n) is 6.02. The molecule has 1 aromatic heterocycles. The molecule has 2 aromatic carbocycles. The number of rotatable bonds is 6. The van der Waals surface area contributed by atoms with E-state index in [-0.39, 0.29) is 0 Å². The first kappa shape index (κ1) is 17.1. The molecule has 0 unspecified atom stereocenters. The SMILES string of the molecule is CCN(CC)c1ncc(Nc2cccc(OC)c2)c2c(C)cccc12. The zero-order valence-corrected chi connectivity index (χ0v) is 15.3. The van der Waals surface area contributed by atoms with Gasteiger partial charge < -0.3 is 15.0 Å². The van der Waals surface area contributed by atoms with Crippen LogP contribution in [0.4, 0.5) is 17.2 Å². The number of fused-ring (bicyclic) bond motifs is 1. The van der Waals surface area contributed by atoms with Gasteiger partial charge in [0, 0.05) is 35.6 Å². The second kappa shape index (κ2) is 7.43. The smallest absolute Gasteiger partial charge is 0.136 e. The highest BCUT2D eigenvalue weighted by molar-refractivity contribution is 6.03. The molecule has 0 amide bonds. The van der Waals surface area contributed by atoms with Crippen LogP contribution >= 0.6 is 0 Å². The Bertz CT molecular complexity index is 872. The summed E-state index contributed by atoms with van der Waals surface area (Å²) in [5, 5.41) is 5.89. The normalized spacial score (nSPS) is 10.7. The van der Waals surface area contributed by atoms with E-state index in [9.17, 15) is 0 Å². The fraction of sp³-hybridized carbons (Fsp3) is 0.286. The highest BCUT2D eigenvalue weighted by Crippen LogP contribution is 2.34. The topological polar surface area (TPSA) is 37.4 Å². The lowest BCUT2D eigenvalue weighted by atomic mass is 10.0. The molecule has 4 heteroatoms. The first-order valence-corrected chi connectivity index (χ1v) is 8.72. The lowest BCUT2D eigenvalue weighted by molar-refractivity contribution is 0.415. The van der Waals surface area contributed by atoms with Crippen LogP contribution in [0.15, 0.2) is 48.7 Å². The molecular weight excluding hydrogens is 310 g/mol. The molecule has 0 aliphatic heterocycles. The van der Waals surface area contributed by atoms with Gasteiger partial charge in [-0.2, -0.15) is 0 Å². The number of aryl methyl sites for hydroxylation is 1. The molecule has 0 aliphatic carbocycles. The van der Waals surface area contributed by atoms with E-state index in [0.29, 0.717) is 0 Å². The van der Waals surface area contributed by atoms with Gasteiger partial charge in [-0.3, -0.25) is 0 Å². The van der Waals surface area contributed by atoms with Crippen LogP contribution in [0.25, 0.3) is 10.8 Å². The summed E-state index contributed by atoms with van der Waals surface area (Å²) in [7, 11) is 1.68. The van der Waals surface area contributed by atoms with E-state index in [2.05, 4.69) is 49.2 Å². The number of hydrogen-bond acceptors (Lipinski definition) is 4. The van der Waals surface area contributed by atoms with Gasteiger partial charge in [0.2, 0.25) is 0 Å². The van der Waals surface area contributed by atoms with Gasteiger partial charge in [-0.15, -0.1) is 0 Å². The summed E-state index contributed by atoms with van der Waals surface area (Å²) in [5.41, 5.74) is 3.23. The number of aromatic nitrogens is 1. The van der Waals surface area contributed by atoms with E-state index in [1.54, 1.807) is 7.11 Å². The number of hydrogen-bond donors (Lipinski definition) is 1. The van der Waals surface area contributed by atoms with Crippen LogP contribution in [0.3, 0.4) is 0 Å². The Morgan fingerprint density at radius 3 is 2.56 bits per heavy atom. The summed E-state index contributed by atoms with van der Waals surface area (Å²) >= 11 is 0. The van der Waals surface area contributed by atoms with Gasteiger partial charge in [-0.05, 0) is 38.5 Å². The quantitative estimate of drug-likeness (QED) is 0.676. The molecule has 0 spiro atoms. The largest absolute Gasteiger partial charge is 0.497 e. The van der Waals surface area contributed by atoms with Crippen LogP contribution in [0, 0.1) is 6.92 Å². The Hall–Kier alpha value is -2.75. The molecule has 1 N–H and O–H groups in total. The third-order valence-electron chi connectivity index (χ3n) is 4.51. The molecule has 1 heterocycles. The van der Waals surface area contributed by atoms with Gasteiger partial charge in [-0.1, -0.05) is 24.3 Å². The fourth-order valence-corrected chi connectivity index (χ4v) is 3.20. The molecule has 0 aliphatic rings. The molecule has 0 saturated heterocycles. The van der Waals surface area contributed by atoms with Crippen LogP contribution in [0.5, 0.6) is 5.75 Å². The number of nitrogens with one attached hydrogen (secondary N) is 1. The van der Waals surface area contributed by atoms with E-state index in [0.717, 1.165) is 36.0 Å². The van der Waals surface area contributed by atoms with Crippen LogP contribution in [-0.4, -0.2) is 25.2 Å². The molecule has 0 bridgehead atoms. The molecule has 0 radical (unpaired) electrons. The summed E-state index contributed by atoms with van der Waals surface area (Å²) in [5.74, 6) is 1.87. The third-order valence-corrected chi connectivity index (χ3v) is 4.51. The number of pyridine rings is 1. The maximum atomic E-state index is 5.32. The van der Waals surface area contributed by atoms with Crippen molar-refractivity contribution >= 4 is 28.0 Å². The van der Waals surface area contributed by atoms with Crippen LogP contribution in [0.2, 0.25) is 0 Å². The number of ether oxygens (including phenoxy) is 1. The Morgan fingerprint density at radius 2 is 1.84 bits per heavy atom. The van der Waals surface area contributed by atoms with Crippen LogP contribution < -0.4 is 15.0 Å². The van der Waals surface area contributed by atoms with Gasteiger partial charge in [0.05, 0.1) is 19.0 Å². The first-order valence-electron chi connectivity index (χ1n) is 8.72. The third kappa shape index (κ3) is 3.38. The molecule has 4 nitrogen and oxygen atoms in total. The molecule has 3 rings (SSSR count). The van der Waals surface area contributed by atoms with Crippen molar-refractivity contribution in [2.75, 3.05) is 30.4 Å². The minimum atomic E-state index is 0.832. The molecule has 0 saturated carbocycles. The molecule has 3 aromatic rings. The maximum absolute atomic E-state index is 5.32. The van der Waals surface area contributed by atoms with E-state index in [4.69, 9.17) is 9.72 Å². The first-order chi connectivity index (χ1) is 12.2. The minimum Gasteiger partial charge on any atom is -0.497 e. The second-order valence-corrected chi connectivity index (χ2v) is 6.02. The number of benzene rings is 2. The standard InChI is InChI=1S/C21H25N3O/c1-5-24(6-2)21-18-12-7-9-15(3)20(18)19(14-22-21)23-16-10-8-11-17(13-16)25-4/h7-14,23H,5-6H2,1-4H3. The van der Waals surface area contributed by atoms with Crippen molar-refractivity contribution in [3.63, 3.8) is 0 Å². The number of methoxy groups -OCH3 is 1. The number of anilines is 3. The van der Waals surface area contributed by atoms with Crippen molar-refractivity contribution in [2.24, 2.45) is 0 Å². The van der Waals surface area contributed by atoms with Crippen molar-refractivity contribution < 1.29 is 4.74 Å². The monoisotopic (exact) mass is 335 g/mol. The van der Waals surface area contributed by atoms with Gasteiger partial charge in [-0.25, -0.2) is 4.98 Å². The van der Waals surface area contributed by atoms with Crippen LogP contribution in [-0.2, 0) is 0 Å². The highest BCUT2D eigenvalue weighted by Gasteiger charge is 2.13. The molecule has 0 atom stereocenters. The minimum absolute atomic E-state index is 0.832. The number of nitrogens with zero attached hydrogens (tertiary/aromatic N) is 2. The average Bonchev–Trinajstić information content (AvgIpc) is 2.64. The van der Waals surface area contributed by atoms with Gasteiger partial charge in [0.15, 0.2) is 0 Å². The summed E-state index contributed by atoms with van der Waals surface area (Å²) < 4.78 is 5.32. The molecule has 130 valence electrons. The lowest BCUT2D eigenvalue weighted by Gasteiger charge is -2.23. The summed E-state index contributed by atoms with van der Waals surface area (Å²) in [4.78, 5) is 7.05. The summed E-state index contributed by atoms with van der Waals surface area (Å²) in [6.45, 7) is 8.35. The zero-order chi connectivity index (χ0) is 17.8. The van der Waals surface area contributed by atoms with Crippen molar-refractivity contribution in [3.05, 3.63) is 54.2 Å². The maximum Gasteiger partial charge on any atom is 0.136 e. The summed E-state index contributed by atoms with van der Waals surface area (Å²) in [6.07, 6.45) is 1.93. The predicted octanol–water partition coefficient (Wildman–Crippen LogP) is 5.14. The Kier molecular flexibility index (Phi) is 5.08. The Morgan fingerprint density at radius 1 is 1.08 bits per heavy atom. The van der Waals surface area contributed by atoms with Crippen molar-refractivity contribution in [3.8, 4) is 5.75 Å². The van der Waals surface area contributed by atoms with E-state index < -0.39 is 0 Å². The van der Waals surface area contributed by atoms with E-state index in [1.807, 2.05) is 30.5 Å². The highest BCUT2D eigenvalue weighted by atomic mass is 16.5. The average molecular weight is 335 g/mol.